The van der Waals surface area contributed by atoms with Crippen molar-refractivity contribution < 1.29 is 4.79 Å². The molecule has 1 aliphatic heterocycles. The minimum Gasteiger partial charge on any atom is -0.336 e. The molecule has 1 saturated heterocycles. The summed E-state index contributed by atoms with van der Waals surface area (Å²) in [6.07, 6.45) is 3.39. The van der Waals surface area contributed by atoms with Crippen LogP contribution in [0.25, 0.3) is 0 Å². The van der Waals surface area contributed by atoms with Crippen LogP contribution in [0.15, 0.2) is 28.6 Å². The molecule has 0 spiro atoms. The van der Waals surface area contributed by atoms with Crippen LogP contribution < -0.4 is 5.32 Å². The number of hydrogen-bond donors (Lipinski definition) is 1. The highest BCUT2D eigenvalue weighted by atomic mass is 32.2. The average molecular weight is 419 g/mol. The van der Waals surface area contributed by atoms with Gasteiger partial charge in [0.05, 0.1) is 5.25 Å². The molecule has 28 heavy (non-hydrogen) atoms. The van der Waals surface area contributed by atoms with Crippen LogP contribution in [0.2, 0.25) is 0 Å². The van der Waals surface area contributed by atoms with Crippen molar-refractivity contribution in [2.75, 3.05) is 5.32 Å². The molecule has 7 heteroatoms. The van der Waals surface area contributed by atoms with Gasteiger partial charge < -0.3 is 10.2 Å². The van der Waals surface area contributed by atoms with Crippen molar-refractivity contribution in [3.8, 4) is 0 Å². The van der Waals surface area contributed by atoms with Gasteiger partial charge in [-0.25, -0.2) is 0 Å². The average Bonchev–Trinajstić information content (AvgIpc) is 3.08. The van der Waals surface area contributed by atoms with Crippen LogP contribution in [0.3, 0.4) is 0 Å². The van der Waals surface area contributed by atoms with Gasteiger partial charge in [0.2, 0.25) is 11.0 Å². The first kappa shape index (κ1) is 21.1. The number of anilines is 2. The number of carbonyl (C=O) groups is 1. The summed E-state index contributed by atoms with van der Waals surface area (Å²) in [5.74, 6) is 0.724. The van der Waals surface area contributed by atoms with E-state index in [-0.39, 0.29) is 11.2 Å². The maximum atomic E-state index is 13.0. The van der Waals surface area contributed by atoms with Gasteiger partial charge in [-0.05, 0) is 63.6 Å². The molecule has 1 aromatic heterocycles. The van der Waals surface area contributed by atoms with Crippen LogP contribution in [0.4, 0.5) is 10.8 Å². The number of nitrogens with one attached hydrogen (secondary N) is 1. The van der Waals surface area contributed by atoms with Crippen LogP contribution in [-0.4, -0.2) is 38.3 Å². The third kappa shape index (κ3) is 5.06. The number of amides is 1. The number of carbonyl (C=O) groups excluding carboxylic acids is 1. The van der Waals surface area contributed by atoms with Crippen LogP contribution in [0.5, 0.6) is 0 Å². The van der Waals surface area contributed by atoms with Gasteiger partial charge in [-0.1, -0.05) is 49.1 Å². The summed E-state index contributed by atoms with van der Waals surface area (Å²) >= 11 is 2.99. The molecule has 3 atom stereocenters. The van der Waals surface area contributed by atoms with Gasteiger partial charge in [0.1, 0.15) is 0 Å². The van der Waals surface area contributed by atoms with E-state index in [1.54, 1.807) is 0 Å². The molecular weight excluding hydrogens is 388 g/mol. The second-order valence-corrected chi connectivity index (χ2v) is 10.5. The van der Waals surface area contributed by atoms with Gasteiger partial charge in [-0.15, -0.1) is 10.2 Å². The van der Waals surface area contributed by atoms with Crippen LogP contribution in [-0.2, 0) is 4.79 Å². The molecule has 0 saturated carbocycles. The Bertz CT molecular complexity index is 780. The largest absolute Gasteiger partial charge is 0.336 e. The molecule has 0 aliphatic carbocycles. The van der Waals surface area contributed by atoms with Crippen LogP contribution in [0.1, 0.15) is 65.4 Å². The lowest BCUT2D eigenvalue weighted by atomic mass is 9.97. The summed E-state index contributed by atoms with van der Waals surface area (Å²) in [5.41, 5.74) is 2.31. The van der Waals surface area contributed by atoms with Crippen molar-refractivity contribution in [3.63, 3.8) is 0 Å². The summed E-state index contributed by atoms with van der Waals surface area (Å²) < 4.78 is 0.819. The molecule has 1 aliphatic rings. The Morgan fingerprint density at radius 1 is 1.14 bits per heavy atom. The van der Waals surface area contributed by atoms with Crippen molar-refractivity contribution >= 4 is 39.8 Å². The highest BCUT2D eigenvalue weighted by Gasteiger charge is 2.32. The molecule has 3 rings (SSSR count). The molecule has 2 aromatic rings. The quantitative estimate of drug-likeness (QED) is 0.612. The van der Waals surface area contributed by atoms with E-state index in [9.17, 15) is 4.79 Å². The zero-order valence-electron chi connectivity index (χ0n) is 17.3. The van der Waals surface area contributed by atoms with Crippen molar-refractivity contribution in [3.05, 3.63) is 29.8 Å². The number of benzene rings is 1. The summed E-state index contributed by atoms with van der Waals surface area (Å²) in [7, 11) is 0. The highest BCUT2D eigenvalue weighted by molar-refractivity contribution is 8.02. The topological polar surface area (TPSA) is 58.1 Å². The Hall–Kier alpha value is -1.60. The Morgan fingerprint density at radius 3 is 2.39 bits per heavy atom. The van der Waals surface area contributed by atoms with Crippen LogP contribution in [0, 0.1) is 0 Å². The predicted molar refractivity (Wildman–Crippen MR) is 119 cm³/mol. The van der Waals surface area contributed by atoms with Gasteiger partial charge in [0.15, 0.2) is 4.34 Å². The van der Waals surface area contributed by atoms with E-state index < -0.39 is 0 Å². The SMILES string of the molecule is CC(C)c1ccc(Nc2nnc(S[C@H](C)C(=O)N3[C@H](C)CCC[C@@H]3C)s2)cc1. The number of aromatic nitrogens is 2. The zero-order valence-corrected chi connectivity index (χ0v) is 18.9. The molecular formula is C21H30N4OS2. The molecule has 0 bridgehead atoms. The normalized spacial score (nSPS) is 21.0. The van der Waals surface area contributed by atoms with Crippen LogP contribution >= 0.6 is 23.1 Å². The summed E-state index contributed by atoms with van der Waals surface area (Å²) in [5, 5.41) is 12.4. The molecule has 1 N–H and O–H groups in total. The predicted octanol–water partition coefficient (Wildman–Crippen LogP) is 5.68. The molecule has 1 aromatic carbocycles. The highest BCUT2D eigenvalue weighted by Crippen LogP contribution is 2.33. The number of thioether (sulfide) groups is 1. The number of likely N-dealkylation sites (tertiary alicyclic amines) is 1. The van der Waals surface area contributed by atoms with Crippen molar-refractivity contribution in [1.82, 2.24) is 15.1 Å². The molecule has 1 amide bonds. The number of nitrogens with zero attached hydrogens (tertiary/aromatic N) is 3. The minimum atomic E-state index is -0.158. The van der Waals surface area contributed by atoms with E-state index >= 15 is 0 Å². The van der Waals surface area contributed by atoms with Crippen molar-refractivity contribution in [2.24, 2.45) is 0 Å². The van der Waals surface area contributed by atoms with Gasteiger partial charge >= 0.3 is 0 Å². The monoisotopic (exact) mass is 418 g/mol. The lowest BCUT2D eigenvalue weighted by molar-refractivity contribution is -0.136. The van der Waals surface area contributed by atoms with Gasteiger partial charge in [0.25, 0.3) is 0 Å². The Balaban J connectivity index is 1.59. The molecule has 5 nitrogen and oxygen atoms in total. The Morgan fingerprint density at radius 2 is 1.79 bits per heavy atom. The van der Waals surface area contributed by atoms with Crippen molar-refractivity contribution in [2.45, 2.75) is 81.5 Å². The standard InChI is InChI=1S/C21H30N4OS2/c1-13(2)17-9-11-18(12-10-17)22-20-23-24-21(28-20)27-16(5)19(26)25-14(3)7-6-8-15(25)4/h9-16H,6-8H2,1-5H3,(H,22,23)/t14-,15+,16-/m1/s1. The van der Waals surface area contributed by atoms with E-state index in [1.165, 1.54) is 35.1 Å². The third-order valence-electron chi connectivity index (χ3n) is 5.31. The summed E-state index contributed by atoms with van der Waals surface area (Å²) in [4.78, 5) is 15.0. The fourth-order valence-electron chi connectivity index (χ4n) is 3.65. The fraction of sp³-hybridized carbons (Fsp3) is 0.571. The molecule has 1 fully saturated rings. The van der Waals surface area contributed by atoms with E-state index in [0.717, 1.165) is 28.0 Å². The Labute approximate surface area is 176 Å². The van der Waals surface area contributed by atoms with E-state index in [2.05, 4.69) is 72.4 Å². The number of piperidine rings is 1. The van der Waals surface area contributed by atoms with E-state index in [1.807, 2.05) is 6.92 Å². The van der Waals surface area contributed by atoms with Gasteiger partial charge in [-0.2, -0.15) is 0 Å². The first-order valence-corrected chi connectivity index (χ1v) is 11.7. The number of rotatable bonds is 6. The maximum absolute atomic E-state index is 13.0. The van der Waals surface area contributed by atoms with E-state index in [4.69, 9.17) is 0 Å². The second-order valence-electron chi connectivity index (χ2n) is 7.91. The van der Waals surface area contributed by atoms with Gasteiger partial charge in [0, 0.05) is 17.8 Å². The molecule has 0 radical (unpaired) electrons. The first-order valence-electron chi connectivity index (χ1n) is 10.0. The van der Waals surface area contributed by atoms with Gasteiger partial charge in [-0.3, -0.25) is 4.79 Å². The first-order chi connectivity index (χ1) is 13.3. The summed E-state index contributed by atoms with van der Waals surface area (Å²) in [6.45, 7) is 10.7. The second kappa shape index (κ2) is 9.27. The number of hydrogen-bond acceptors (Lipinski definition) is 6. The van der Waals surface area contributed by atoms with Crippen molar-refractivity contribution in [1.29, 1.82) is 0 Å². The smallest absolute Gasteiger partial charge is 0.236 e. The fourth-order valence-corrected chi connectivity index (χ4v) is 5.62. The maximum Gasteiger partial charge on any atom is 0.236 e. The lowest BCUT2D eigenvalue weighted by Crippen LogP contribution is -2.50. The Kier molecular flexibility index (Phi) is 6.99. The summed E-state index contributed by atoms with van der Waals surface area (Å²) in [6, 6.07) is 9.03. The molecule has 152 valence electrons. The molecule has 2 heterocycles. The minimum absolute atomic E-state index is 0.158. The zero-order chi connectivity index (χ0) is 20.3. The lowest BCUT2D eigenvalue weighted by Gasteiger charge is -2.40. The third-order valence-corrected chi connectivity index (χ3v) is 7.32. The van der Waals surface area contributed by atoms with E-state index in [0.29, 0.717) is 18.0 Å². The molecule has 0 unspecified atom stereocenters.